The Morgan fingerprint density at radius 2 is 1.89 bits per heavy atom. The van der Waals surface area contributed by atoms with Crippen LogP contribution in [-0.4, -0.2) is 26.0 Å². The number of nitrogens with zero attached hydrogens (tertiary/aromatic N) is 3. The fraction of sp³-hybridized carbons (Fsp3) is 0.250. The monoisotopic (exact) mass is 413 g/mol. The molecule has 2 aromatic carbocycles. The third-order valence-corrected chi connectivity index (χ3v) is 6.42. The molecule has 2 atom stereocenters. The van der Waals surface area contributed by atoms with Crippen molar-refractivity contribution >= 4 is 35.0 Å². The van der Waals surface area contributed by atoms with Crippen LogP contribution in [0.2, 0.25) is 5.02 Å². The van der Waals surface area contributed by atoms with E-state index in [4.69, 9.17) is 11.6 Å². The number of hydrogen-bond donors (Lipinski definition) is 2. The third kappa shape index (κ3) is 3.47. The van der Waals surface area contributed by atoms with Gasteiger partial charge in [0, 0.05) is 10.7 Å². The van der Waals surface area contributed by atoms with E-state index in [1.165, 1.54) is 11.8 Å². The molecule has 0 aliphatic carbocycles. The Balaban J connectivity index is 1.68. The number of rotatable bonds is 3. The molecule has 3 aromatic rings. The summed E-state index contributed by atoms with van der Waals surface area (Å²) in [6, 6.07) is 13.2. The SMILES string of the molecule is Cc1cccc(NC(=O)[C@@H]2Sc3nnc(C)n3N[C@H]2c2ccc(Cl)cc2)c1C. The van der Waals surface area contributed by atoms with Crippen molar-refractivity contribution in [2.24, 2.45) is 0 Å². The number of aromatic nitrogens is 3. The minimum absolute atomic E-state index is 0.0851. The Hall–Kier alpha value is -2.51. The predicted molar refractivity (Wildman–Crippen MR) is 113 cm³/mol. The molecule has 6 nitrogen and oxygen atoms in total. The molecule has 0 spiro atoms. The summed E-state index contributed by atoms with van der Waals surface area (Å²) in [6.45, 7) is 5.91. The number of fused-ring (bicyclic) bond motifs is 1. The van der Waals surface area contributed by atoms with Gasteiger partial charge in [0.15, 0.2) is 0 Å². The summed E-state index contributed by atoms with van der Waals surface area (Å²) in [5.74, 6) is 0.660. The normalized spacial score (nSPS) is 18.3. The number of benzene rings is 2. The Labute approximate surface area is 172 Å². The fourth-order valence-electron chi connectivity index (χ4n) is 3.17. The first-order valence-electron chi connectivity index (χ1n) is 8.92. The molecule has 28 heavy (non-hydrogen) atoms. The average Bonchev–Trinajstić information content (AvgIpc) is 3.05. The standard InChI is InChI=1S/C20H20ClN5OS/c1-11-5-4-6-16(12(11)2)22-19(27)18-17(14-7-9-15(21)10-8-14)25-26-13(3)23-24-20(26)28-18/h4-10,17-18,25H,1-3H3,(H,22,27)/t17-,18+/m0/s1. The van der Waals surface area contributed by atoms with Gasteiger partial charge in [0.1, 0.15) is 11.1 Å². The van der Waals surface area contributed by atoms with E-state index in [0.717, 1.165) is 28.2 Å². The van der Waals surface area contributed by atoms with E-state index >= 15 is 0 Å². The molecular weight excluding hydrogens is 394 g/mol. The van der Waals surface area contributed by atoms with Crippen LogP contribution in [0.15, 0.2) is 47.6 Å². The zero-order chi connectivity index (χ0) is 19.8. The zero-order valence-electron chi connectivity index (χ0n) is 15.7. The number of carbonyl (C=O) groups excluding carboxylic acids is 1. The van der Waals surface area contributed by atoms with Gasteiger partial charge in [-0.05, 0) is 55.7 Å². The largest absolute Gasteiger partial charge is 0.325 e. The van der Waals surface area contributed by atoms with Gasteiger partial charge in [-0.2, -0.15) is 0 Å². The molecule has 1 aromatic heterocycles. The number of anilines is 1. The summed E-state index contributed by atoms with van der Waals surface area (Å²) >= 11 is 7.45. The second kappa shape index (κ2) is 7.48. The molecule has 2 N–H and O–H groups in total. The summed E-state index contributed by atoms with van der Waals surface area (Å²) < 4.78 is 1.83. The van der Waals surface area contributed by atoms with Gasteiger partial charge in [-0.15, -0.1) is 10.2 Å². The number of halogens is 1. The second-order valence-electron chi connectivity index (χ2n) is 6.80. The van der Waals surface area contributed by atoms with E-state index < -0.39 is 5.25 Å². The smallest absolute Gasteiger partial charge is 0.240 e. The summed E-state index contributed by atoms with van der Waals surface area (Å²) in [7, 11) is 0. The van der Waals surface area contributed by atoms with Crippen molar-refractivity contribution in [3.05, 3.63) is 70.0 Å². The van der Waals surface area contributed by atoms with Gasteiger partial charge in [-0.25, -0.2) is 4.68 Å². The molecule has 4 rings (SSSR count). The quantitative estimate of drug-likeness (QED) is 0.671. The molecule has 1 amide bonds. The van der Waals surface area contributed by atoms with Gasteiger partial charge in [-0.3, -0.25) is 4.79 Å². The van der Waals surface area contributed by atoms with Crippen molar-refractivity contribution in [2.75, 3.05) is 10.7 Å². The van der Waals surface area contributed by atoms with E-state index in [0.29, 0.717) is 10.2 Å². The predicted octanol–water partition coefficient (Wildman–Crippen LogP) is 4.25. The maximum absolute atomic E-state index is 13.2. The number of carbonyl (C=O) groups is 1. The Kier molecular flexibility index (Phi) is 5.03. The topological polar surface area (TPSA) is 71.8 Å². The van der Waals surface area contributed by atoms with Crippen molar-refractivity contribution < 1.29 is 4.79 Å². The van der Waals surface area contributed by atoms with Crippen LogP contribution < -0.4 is 10.7 Å². The summed E-state index contributed by atoms with van der Waals surface area (Å²) in [5, 5.41) is 12.3. The lowest BCUT2D eigenvalue weighted by atomic mass is 10.0. The van der Waals surface area contributed by atoms with Crippen LogP contribution in [0.25, 0.3) is 0 Å². The molecule has 1 aliphatic rings. The molecular formula is C20H20ClN5OS. The fourth-order valence-corrected chi connectivity index (χ4v) is 4.42. The highest BCUT2D eigenvalue weighted by atomic mass is 35.5. The third-order valence-electron chi connectivity index (χ3n) is 4.95. The summed E-state index contributed by atoms with van der Waals surface area (Å²) in [5.41, 5.74) is 7.38. The molecule has 1 aliphatic heterocycles. The van der Waals surface area contributed by atoms with Crippen LogP contribution in [0.3, 0.4) is 0 Å². The first-order chi connectivity index (χ1) is 13.4. The molecule has 0 unspecified atom stereocenters. The van der Waals surface area contributed by atoms with Gasteiger partial charge in [-0.1, -0.05) is 47.6 Å². The summed E-state index contributed by atoms with van der Waals surface area (Å²) in [4.78, 5) is 13.2. The first kappa shape index (κ1) is 18.8. The number of hydrogen-bond acceptors (Lipinski definition) is 5. The molecule has 0 saturated heterocycles. The molecule has 2 heterocycles. The van der Waals surface area contributed by atoms with Crippen molar-refractivity contribution in [1.82, 2.24) is 14.9 Å². The van der Waals surface area contributed by atoms with E-state index in [-0.39, 0.29) is 11.9 Å². The lowest BCUT2D eigenvalue weighted by Gasteiger charge is -2.33. The van der Waals surface area contributed by atoms with Gasteiger partial charge in [0.25, 0.3) is 0 Å². The molecule has 0 fully saturated rings. The van der Waals surface area contributed by atoms with Crippen LogP contribution in [0.4, 0.5) is 5.69 Å². The zero-order valence-corrected chi connectivity index (χ0v) is 17.3. The van der Waals surface area contributed by atoms with E-state index in [9.17, 15) is 4.79 Å². The molecule has 8 heteroatoms. The highest BCUT2D eigenvalue weighted by molar-refractivity contribution is 8.00. The Morgan fingerprint density at radius 1 is 1.14 bits per heavy atom. The lowest BCUT2D eigenvalue weighted by molar-refractivity contribution is -0.116. The van der Waals surface area contributed by atoms with Gasteiger partial charge in [0.05, 0.1) is 6.04 Å². The van der Waals surface area contributed by atoms with Crippen LogP contribution >= 0.6 is 23.4 Å². The van der Waals surface area contributed by atoms with Crippen molar-refractivity contribution in [3.8, 4) is 0 Å². The van der Waals surface area contributed by atoms with Gasteiger partial charge >= 0.3 is 0 Å². The van der Waals surface area contributed by atoms with E-state index in [1.54, 1.807) is 0 Å². The second-order valence-corrected chi connectivity index (χ2v) is 8.34. The van der Waals surface area contributed by atoms with E-state index in [1.807, 2.05) is 67.9 Å². The highest BCUT2D eigenvalue weighted by Gasteiger charge is 2.37. The Morgan fingerprint density at radius 3 is 2.64 bits per heavy atom. The number of amides is 1. The molecule has 144 valence electrons. The minimum Gasteiger partial charge on any atom is -0.325 e. The van der Waals surface area contributed by atoms with E-state index in [2.05, 4.69) is 20.9 Å². The lowest BCUT2D eigenvalue weighted by Crippen LogP contribution is -2.41. The van der Waals surface area contributed by atoms with Gasteiger partial charge < -0.3 is 10.7 Å². The number of nitrogens with one attached hydrogen (secondary N) is 2. The van der Waals surface area contributed by atoms with Crippen LogP contribution in [-0.2, 0) is 4.79 Å². The van der Waals surface area contributed by atoms with Crippen molar-refractivity contribution in [1.29, 1.82) is 0 Å². The molecule has 0 bridgehead atoms. The molecule has 0 radical (unpaired) electrons. The Bertz CT molecular complexity index is 1030. The first-order valence-corrected chi connectivity index (χ1v) is 10.2. The highest BCUT2D eigenvalue weighted by Crippen LogP contribution is 2.38. The van der Waals surface area contributed by atoms with Crippen molar-refractivity contribution in [3.63, 3.8) is 0 Å². The van der Waals surface area contributed by atoms with Crippen LogP contribution in [0, 0.1) is 20.8 Å². The number of aryl methyl sites for hydroxylation is 2. The van der Waals surface area contributed by atoms with Gasteiger partial charge in [0.2, 0.25) is 11.1 Å². The van der Waals surface area contributed by atoms with Crippen LogP contribution in [0.5, 0.6) is 0 Å². The summed E-state index contributed by atoms with van der Waals surface area (Å²) in [6.07, 6.45) is 0. The van der Waals surface area contributed by atoms with Crippen molar-refractivity contribution in [2.45, 2.75) is 37.2 Å². The maximum Gasteiger partial charge on any atom is 0.240 e. The number of thioether (sulfide) groups is 1. The molecule has 0 saturated carbocycles. The average molecular weight is 414 g/mol. The minimum atomic E-state index is -0.419. The van der Waals surface area contributed by atoms with Crippen LogP contribution in [0.1, 0.15) is 28.6 Å². The maximum atomic E-state index is 13.2.